The molecule has 20 heavy (non-hydrogen) atoms. The predicted molar refractivity (Wildman–Crippen MR) is 70.6 cm³/mol. The van der Waals surface area contributed by atoms with E-state index in [1.54, 1.807) is 6.07 Å². The minimum Gasteiger partial charge on any atom is -0.490 e. The quantitative estimate of drug-likeness (QED) is 0.759. The summed E-state index contributed by atoms with van der Waals surface area (Å²) in [5, 5.41) is 12.1. The van der Waals surface area contributed by atoms with Crippen molar-refractivity contribution < 1.29 is 23.0 Å². The van der Waals surface area contributed by atoms with Crippen molar-refractivity contribution in [2.75, 3.05) is 13.2 Å². The highest BCUT2D eigenvalue weighted by molar-refractivity contribution is 5.39. The molecule has 3 nitrogen and oxygen atoms in total. The largest absolute Gasteiger partial charge is 0.490 e. The summed E-state index contributed by atoms with van der Waals surface area (Å²) in [6, 6.07) is 3.98. The van der Waals surface area contributed by atoms with Crippen molar-refractivity contribution in [1.29, 1.82) is 0 Å². The van der Waals surface area contributed by atoms with E-state index in [0.29, 0.717) is 12.1 Å². The Morgan fingerprint density at radius 2 is 2.05 bits per heavy atom. The van der Waals surface area contributed by atoms with E-state index in [1.165, 1.54) is 13.0 Å². The Morgan fingerprint density at radius 1 is 1.35 bits per heavy atom. The first kappa shape index (κ1) is 16.8. The summed E-state index contributed by atoms with van der Waals surface area (Å²) in [6.07, 6.45) is -4.38. The Hall–Kier alpha value is -1.27. The highest BCUT2D eigenvalue weighted by atomic mass is 19.4. The first-order chi connectivity index (χ1) is 9.34. The Morgan fingerprint density at radius 3 is 2.60 bits per heavy atom. The number of nitrogens with one attached hydrogen (secondary N) is 1. The number of halogens is 3. The molecule has 0 bridgehead atoms. The molecule has 6 heteroatoms. The number of aliphatic hydroxyl groups is 1. The van der Waals surface area contributed by atoms with E-state index in [1.807, 2.05) is 6.92 Å². The van der Waals surface area contributed by atoms with Crippen LogP contribution in [0.1, 0.15) is 31.4 Å². The molecule has 1 rings (SSSR count). The lowest BCUT2D eigenvalue weighted by Crippen LogP contribution is -2.17. The predicted octanol–water partition coefficient (Wildman–Crippen LogP) is 2.96. The number of alkyl halides is 3. The van der Waals surface area contributed by atoms with E-state index in [0.717, 1.165) is 19.0 Å². The lowest BCUT2D eigenvalue weighted by atomic mass is 10.1. The van der Waals surface area contributed by atoms with Gasteiger partial charge in [0, 0.05) is 6.54 Å². The van der Waals surface area contributed by atoms with E-state index in [2.05, 4.69) is 5.32 Å². The van der Waals surface area contributed by atoms with Gasteiger partial charge in [-0.15, -0.1) is 0 Å². The van der Waals surface area contributed by atoms with Crippen LogP contribution in [0, 0.1) is 0 Å². The topological polar surface area (TPSA) is 41.5 Å². The van der Waals surface area contributed by atoms with Gasteiger partial charge in [-0.1, -0.05) is 13.0 Å². The fourth-order valence-corrected chi connectivity index (χ4v) is 1.65. The zero-order chi connectivity index (χ0) is 15.2. The summed E-state index contributed by atoms with van der Waals surface area (Å²) in [7, 11) is 0. The molecule has 1 unspecified atom stereocenters. The lowest BCUT2D eigenvalue weighted by molar-refractivity contribution is -0.139. The maximum Gasteiger partial charge on any atom is 0.419 e. The average Bonchev–Trinajstić information content (AvgIpc) is 2.36. The lowest BCUT2D eigenvalue weighted by Gasteiger charge is -2.16. The van der Waals surface area contributed by atoms with Crippen molar-refractivity contribution in [3.63, 3.8) is 0 Å². The third-order valence-corrected chi connectivity index (χ3v) is 2.59. The summed E-state index contributed by atoms with van der Waals surface area (Å²) in [5.41, 5.74) is -0.260. The Bertz CT molecular complexity index is 419. The summed E-state index contributed by atoms with van der Waals surface area (Å²) in [4.78, 5) is 0. The number of benzene rings is 1. The first-order valence-electron chi connectivity index (χ1n) is 6.56. The van der Waals surface area contributed by atoms with Crippen molar-refractivity contribution in [2.24, 2.45) is 0 Å². The Labute approximate surface area is 116 Å². The van der Waals surface area contributed by atoms with E-state index in [-0.39, 0.29) is 12.4 Å². The van der Waals surface area contributed by atoms with Crippen molar-refractivity contribution in [1.82, 2.24) is 5.32 Å². The molecule has 0 aliphatic carbocycles. The SMILES string of the molecule is CCCNCc1ccc(OCC(C)O)c(C(F)(F)F)c1. The molecule has 1 aromatic rings. The monoisotopic (exact) mass is 291 g/mol. The van der Waals surface area contributed by atoms with E-state index in [9.17, 15) is 13.2 Å². The van der Waals surface area contributed by atoms with Crippen LogP contribution in [0.25, 0.3) is 0 Å². The fraction of sp³-hybridized carbons (Fsp3) is 0.571. The summed E-state index contributed by atoms with van der Waals surface area (Å²) in [5.74, 6) is -0.252. The summed E-state index contributed by atoms with van der Waals surface area (Å²) < 4.78 is 44.0. The molecule has 0 aromatic heterocycles. The third-order valence-electron chi connectivity index (χ3n) is 2.59. The molecular weight excluding hydrogens is 271 g/mol. The van der Waals surface area contributed by atoms with Crippen LogP contribution in [-0.2, 0) is 12.7 Å². The van der Waals surface area contributed by atoms with Gasteiger partial charge in [0.1, 0.15) is 12.4 Å². The highest BCUT2D eigenvalue weighted by Gasteiger charge is 2.34. The molecule has 0 aliphatic heterocycles. The zero-order valence-electron chi connectivity index (χ0n) is 11.6. The molecule has 0 aliphatic rings. The van der Waals surface area contributed by atoms with Crippen molar-refractivity contribution >= 4 is 0 Å². The molecule has 0 saturated heterocycles. The molecule has 2 N–H and O–H groups in total. The third kappa shape index (κ3) is 5.38. The van der Waals surface area contributed by atoms with Crippen molar-refractivity contribution in [3.05, 3.63) is 29.3 Å². The molecule has 0 spiro atoms. The van der Waals surface area contributed by atoms with Gasteiger partial charge in [-0.05, 0) is 37.6 Å². The first-order valence-corrected chi connectivity index (χ1v) is 6.56. The minimum atomic E-state index is -4.48. The van der Waals surface area contributed by atoms with Crippen LogP contribution in [-0.4, -0.2) is 24.4 Å². The van der Waals surface area contributed by atoms with Gasteiger partial charge in [0.2, 0.25) is 0 Å². The van der Waals surface area contributed by atoms with E-state index in [4.69, 9.17) is 9.84 Å². The molecule has 0 saturated carbocycles. The van der Waals surface area contributed by atoms with Crippen LogP contribution in [0.5, 0.6) is 5.75 Å². The maximum absolute atomic E-state index is 13.0. The number of hydrogen-bond acceptors (Lipinski definition) is 3. The van der Waals surface area contributed by atoms with E-state index >= 15 is 0 Å². The maximum atomic E-state index is 13.0. The van der Waals surface area contributed by atoms with Crippen LogP contribution < -0.4 is 10.1 Å². The summed E-state index contributed by atoms with van der Waals surface area (Å²) >= 11 is 0. The summed E-state index contributed by atoms with van der Waals surface area (Å²) in [6.45, 7) is 4.41. The number of hydrogen-bond donors (Lipinski definition) is 2. The second kappa shape index (κ2) is 7.50. The van der Waals surface area contributed by atoms with E-state index < -0.39 is 17.8 Å². The smallest absolute Gasteiger partial charge is 0.419 e. The molecule has 0 fully saturated rings. The molecule has 0 amide bonds. The van der Waals surface area contributed by atoms with Gasteiger partial charge in [-0.25, -0.2) is 0 Å². The highest BCUT2D eigenvalue weighted by Crippen LogP contribution is 2.36. The molecule has 0 radical (unpaired) electrons. The minimum absolute atomic E-state index is 0.170. The fourth-order valence-electron chi connectivity index (χ4n) is 1.65. The standard InChI is InChI=1S/C14H20F3NO2/c1-3-6-18-8-11-4-5-13(20-9-10(2)19)12(7-11)14(15,16)17/h4-5,7,10,18-19H,3,6,8-9H2,1-2H3. The van der Waals surface area contributed by atoms with Gasteiger partial charge >= 0.3 is 6.18 Å². The van der Waals surface area contributed by atoms with Crippen LogP contribution in [0.4, 0.5) is 13.2 Å². The zero-order valence-corrected chi connectivity index (χ0v) is 11.6. The number of aliphatic hydroxyl groups excluding tert-OH is 1. The van der Waals surface area contributed by atoms with Crippen LogP contribution >= 0.6 is 0 Å². The van der Waals surface area contributed by atoms with Crippen LogP contribution in [0.2, 0.25) is 0 Å². The van der Waals surface area contributed by atoms with Crippen molar-refractivity contribution in [2.45, 2.75) is 39.1 Å². The van der Waals surface area contributed by atoms with Gasteiger partial charge in [-0.3, -0.25) is 0 Å². The van der Waals surface area contributed by atoms with Gasteiger partial charge in [0.15, 0.2) is 0 Å². The van der Waals surface area contributed by atoms with Gasteiger partial charge in [0.05, 0.1) is 11.7 Å². The van der Waals surface area contributed by atoms with Crippen molar-refractivity contribution in [3.8, 4) is 5.75 Å². The molecular formula is C14H20F3NO2. The van der Waals surface area contributed by atoms with Crippen LogP contribution in [0.15, 0.2) is 18.2 Å². The van der Waals surface area contributed by atoms with Gasteiger partial charge < -0.3 is 15.2 Å². The number of ether oxygens (including phenoxy) is 1. The second-order valence-electron chi connectivity index (χ2n) is 4.67. The molecule has 1 atom stereocenters. The second-order valence-corrected chi connectivity index (χ2v) is 4.67. The molecule has 0 heterocycles. The molecule has 114 valence electrons. The molecule has 1 aromatic carbocycles. The normalized spacial score (nSPS) is 13.3. The average molecular weight is 291 g/mol. The Balaban J connectivity index is 2.89. The number of rotatable bonds is 7. The van der Waals surface area contributed by atoms with Gasteiger partial charge in [-0.2, -0.15) is 13.2 Å². The van der Waals surface area contributed by atoms with Crippen LogP contribution in [0.3, 0.4) is 0 Å². The Kier molecular flexibility index (Phi) is 6.29. The van der Waals surface area contributed by atoms with Gasteiger partial charge in [0.25, 0.3) is 0 Å².